The number of benzene rings is 2. The molecule has 1 aromatic heterocycles. The number of aryl methyl sites for hydroxylation is 1. The normalized spacial score (nSPS) is 14.9. The van der Waals surface area contributed by atoms with Gasteiger partial charge in [0.1, 0.15) is 0 Å². The number of nitrogens with zero attached hydrogens (tertiary/aromatic N) is 2. The highest BCUT2D eigenvalue weighted by Gasteiger charge is 2.28. The summed E-state index contributed by atoms with van der Waals surface area (Å²) in [5.41, 5.74) is 4.30. The molecule has 148 valence electrons. The summed E-state index contributed by atoms with van der Waals surface area (Å²) in [6.45, 7) is 3.27. The zero-order chi connectivity index (χ0) is 20.4. The number of rotatable bonds is 4. The second-order valence-corrected chi connectivity index (χ2v) is 8.15. The van der Waals surface area contributed by atoms with Crippen LogP contribution in [0.15, 0.2) is 54.7 Å². The van der Waals surface area contributed by atoms with Crippen molar-refractivity contribution in [2.45, 2.75) is 32.1 Å². The molecule has 1 aliphatic heterocycles. The van der Waals surface area contributed by atoms with Crippen molar-refractivity contribution in [3.63, 3.8) is 0 Å². The van der Waals surface area contributed by atoms with Gasteiger partial charge in [-0.2, -0.15) is 0 Å². The first-order valence-electron chi connectivity index (χ1n) is 9.93. The summed E-state index contributed by atoms with van der Waals surface area (Å²) in [7, 11) is 0. The Balaban J connectivity index is 1.41. The minimum atomic E-state index is -0.381. The molecular formula is C24H23ClN2O2. The van der Waals surface area contributed by atoms with Crippen LogP contribution in [0.2, 0.25) is 5.02 Å². The molecule has 0 spiro atoms. The number of fused-ring (bicyclic) bond motifs is 1. The van der Waals surface area contributed by atoms with Crippen LogP contribution in [-0.4, -0.2) is 34.7 Å². The third-order valence-corrected chi connectivity index (χ3v) is 5.92. The first kappa shape index (κ1) is 19.6. The number of aromatic nitrogens is 1. The van der Waals surface area contributed by atoms with E-state index in [1.807, 2.05) is 6.20 Å². The fourth-order valence-electron chi connectivity index (χ4n) is 4.07. The van der Waals surface area contributed by atoms with Crippen molar-refractivity contribution in [1.29, 1.82) is 0 Å². The van der Waals surface area contributed by atoms with Gasteiger partial charge in [-0.15, -0.1) is 0 Å². The molecule has 0 aliphatic carbocycles. The number of hydrogen-bond acceptors (Lipinski definition) is 3. The molecule has 1 fully saturated rings. The predicted octanol–water partition coefficient (Wildman–Crippen LogP) is 4.71. The van der Waals surface area contributed by atoms with E-state index in [9.17, 15) is 9.59 Å². The van der Waals surface area contributed by atoms with E-state index in [4.69, 9.17) is 11.6 Å². The van der Waals surface area contributed by atoms with E-state index in [2.05, 4.69) is 36.2 Å². The second kappa shape index (κ2) is 8.34. The molecule has 0 radical (unpaired) electrons. The van der Waals surface area contributed by atoms with E-state index in [1.54, 1.807) is 29.2 Å². The Morgan fingerprint density at radius 3 is 2.52 bits per heavy atom. The minimum absolute atomic E-state index is 0.115. The molecule has 1 amide bonds. The van der Waals surface area contributed by atoms with Crippen molar-refractivity contribution in [2.75, 3.05) is 13.1 Å². The Labute approximate surface area is 175 Å². The van der Waals surface area contributed by atoms with Crippen molar-refractivity contribution in [3.05, 3.63) is 76.4 Å². The Hall–Kier alpha value is -2.72. The molecule has 0 unspecified atom stereocenters. The van der Waals surface area contributed by atoms with Gasteiger partial charge in [0.25, 0.3) is 5.91 Å². The van der Waals surface area contributed by atoms with E-state index in [-0.39, 0.29) is 18.1 Å². The number of piperidine rings is 1. The lowest BCUT2D eigenvalue weighted by Gasteiger charge is -2.32. The molecule has 0 bridgehead atoms. The molecular weight excluding hydrogens is 384 g/mol. The monoisotopic (exact) mass is 406 g/mol. The van der Waals surface area contributed by atoms with E-state index < -0.39 is 0 Å². The van der Waals surface area contributed by atoms with Crippen LogP contribution in [0.1, 0.15) is 35.4 Å². The number of carbonyl (C=O) groups is 2. The number of ketones is 1. The lowest BCUT2D eigenvalue weighted by molar-refractivity contribution is -0.145. The summed E-state index contributed by atoms with van der Waals surface area (Å²) in [5, 5.41) is 1.80. The third-order valence-electron chi connectivity index (χ3n) is 5.67. The molecule has 0 atom stereocenters. The van der Waals surface area contributed by atoms with Crippen molar-refractivity contribution in [3.8, 4) is 0 Å². The van der Waals surface area contributed by atoms with Crippen LogP contribution in [-0.2, 0) is 16.0 Å². The number of amides is 1. The lowest BCUT2D eigenvalue weighted by atomic mass is 9.87. The van der Waals surface area contributed by atoms with Gasteiger partial charge in [-0.25, -0.2) is 0 Å². The van der Waals surface area contributed by atoms with E-state index >= 15 is 0 Å². The number of Topliss-reactive ketones (excluding diaryl/α,β-unsaturated/α-hetero) is 1. The summed E-state index contributed by atoms with van der Waals surface area (Å²) in [4.78, 5) is 31.2. The fourth-order valence-corrected chi connectivity index (χ4v) is 4.20. The van der Waals surface area contributed by atoms with Gasteiger partial charge in [-0.1, -0.05) is 35.9 Å². The van der Waals surface area contributed by atoms with Gasteiger partial charge in [-0.05, 0) is 66.6 Å². The molecule has 29 heavy (non-hydrogen) atoms. The van der Waals surface area contributed by atoms with Gasteiger partial charge in [0.2, 0.25) is 5.78 Å². The van der Waals surface area contributed by atoms with Crippen LogP contribution < -0.4 is 0 Å². The molecule has 0 N–H and O–H groups in total. The van der Waals surface area contributed by atoms with Crippen LogP contribution in [0.25, 0.3) is 10.9 Å². The zero-order valence-electron chi connectivity index (χ0n) is 16.4. The summed E-state index contributed by atoms with van der Waals surface area (Å²) >= 11 is 5.88. The Bertz CT molecular complexity index is 1050. The average molecular weight is 407 g/mol. The maximum atomic E-state index is 12.6. The SMILES string of the molecule is Cc1ccc2c(C3CCN(C(=O)C(=O)Cc4ccc(Cl)cc4)CC3)ccnc2c1. The Morgan fingerprint density at radius 1 is 1.07 bits per heavy atom. The minimum Gasteiger partial charge on any atom is -0.336 e. The van der Waals surface area contributed by atoms with Crippen LogP contribution in [0, 0.1) is 6.92 Å². The van der Waals surface area contributed by atoms with Crippen LogP contribution in [0.4, 0.5) is 0 Å². The summed E-state index contributed by atoms with van der Waals surface area (Å²) < 4.78 is 0. The Kier molecular flexibility index (Phi) is 5.63. The van der Waals surface area contributed by atoms with Crippen molar-refractivity contribution < 1.29 is 9.59 Å². The van der Waals surface area contributed by atoms with Gasteiger partial charge in [0.15, 0.2) is 0 Å². The standard InChI is InChI=1S/C24H23ClN2O2/c1-16-2-7-21-20(8-11-26-22(21)14-16)18-9-12-27(13-10-18)24(29)23(28)15-17-3-5-19(25)6-4-17/h2-8,11,14,18H,9-10,12-13,15H2,1H3. The van der Waals surface area contributed by atoms with Crippen LogP contribution >= 0.6 is 11.6 Å². The van der Waals surface area contributed by atoms with Gasteiger partial charge < -0.3 is 4.90 Å². The summed E-state index contributed by atoms with van der Waals surface area (Å²) in [6, 6.07) is 15.5. The quantitative estimate of drug-likeness (QED) is 0.589. The first-order chi connectivity index (χ1) is 14.0. The number of likely N-dealkylation sites (tertiary alicyclic amines) is 1. The maximum absolute atomic E-state index is 12.6. The molecule has 2 heterocycles. The summed E-state index contributed by atoms with van der Waals surface area (Å²) in [6.07, 6.45) is 3.69. The number of pyridine rings is 1. The highest BCUT2D eigenvalue weighted by atomic mass is 35.5. The summed E-state index contributed by atoms with van der Waals surface area (Å²) in [5.74, 6) is -0.372. The van der Waals surface area contributed by atoms with E-state index in [0.29, 0.717) is 24.0 Å². The smallest absolute Gasteiger partial charge is 0.290 e. The Morgan fingerprint density at radius 2 is 1.79 bits per heavy atom. The van der Waals surface area contributed by atoms with Crippen LogP contribution in [0.3, 0.4) is 0 Å². The van der Waals surface area contributed by atoms with Crippen LogP contribution in [0.5, 0.6) is 0 Å². The number of hydrogen-bond donors (Lipinski definition) is 0. The van der Waals surface area contributed by atoms with Gasteiger partial charge in [-0.3, -0.25) is 14.6 Å². The van der Waals surface area contributed by atoms with Gasteiger partial charge in [0.05, 0.1) is 5.52 Å². The fraction of sp³-hybridized carbons (Fsp3) is 0.292. The number of halogens is 1. The lowest BCUT2D eigenvalue weighted by Crippen LogP contribution is -2.42. The van der Waals surface area contributed by atoms with Crippen molar-refractivity contribution >= 4 is 34.2 Å². The molecule has 3 aromatic rings. The highest BCUT2D eigenvalue weighted by Crippen LogP contribution is 2.32. The molecule has 2 aromatic carbocycles. The predicted molar refractivity (Wildman–Crippen MR) is 115 cm³/mol. The zero-order valence-corrected chi connectivity index (χ0v) is 17.2. The average Bonchev–Trinajstić information content (AvgIpc) is 2.74. The molecule has 1 saturated heterocycles. The maximum Gasteiger partial charge on any atom is 0.290 e. The van der Waals surface area contributed by atoms with E-state index in [1.165, 1.54) is 16.5 Å². The molecule has 1 aliphatic rings. The second-order valence-electron chi connectivity index (χ2n) is 7.71. The van der Waals surface area contributed by atoms with Crippen molar-refractivity contribution in [2.24, 2.45) is 0 Å². The highest BCUT2D eigenvalue weighted by molar-refractivity contribution is 6.36. The number of carbonyl (C=O) groups excluding carboxylic acids is 2. The molecule has 4 nitrogen and oxygen atoms in total. The largest absolute Gasteiger partial charge is 0.336 e. The third kappa shape index (κ3) is 4.33. The van der Waals surface area contributed by atoms with Gasteiger partial charge >= 0.3 is 0 Å². The molecule has 4 rings (SSSR count). The molecule has 5 heteroatoms. The molecule has 0 saturated carbocycles. The van der Waals surface area contributed by atoms with Gasteiger partial charge in [0, 0.05) is 36.1 Å². The topological polar surface area (TPSA) is 50.3 Å². The van der Waals surface area contributed by atoms with E-state index in [0.717, 1.165) is 23.9 Å². The first-order valence-corrected chi connectivity index (χ1v) is 10.3. The van der Waals surface area contributed by atoms with Crippen molar-refractivity contribution in [1.82, 2.24) is 9.88 Å².